The third-order valence-corrected chi connectivity index (χ3v) is 4.03. The van der Waals surface area contributed by atoms with E-state index >= 15 is 0 Å². The van der Waals surface area contributed by atoms with Crippen LogP contribution in [0, 0.1) is 0 Å². The van der Waals surface area contributed by atoms with Crippen LogP contribution in [0.25, 0.3) is 0 Å². The van der Waals surface area contributed by atoms with Crippen molar-refractivity contribution in [1.82, 2.24) is 15.1 Å². The maximum Gasteiger partial charge on any atom is 0.161 e. The van der Waals surface area contributed by atoms with Gasteiger partial charge in [-0.3, -0.25) is 4.68 Å². The van der Waals surface area contributed by atoms with Crippen LogP contribution < -0.4 is 10.1 Å². The monoisotopic (exact) mass is 285 g/mol. The first-order valence-corrected chi connectivity index (χ1v) is 6.91. The van der Waals surface area contributed by atoms with Crippen molar-refractivity contribution in [3.05, 3.63) is 33.2 Å². The lowest BCUT2D eigenvalue weighted by Gasteiger charge is -2.18. The van der Waals surface area contributed by atoms with E-state index in [1.165, 1.54) is 0 Å². The van der Waals surface area contributed by atoms with Crippen LogP contribution in [0.15, 0.2) is 18.3 Å². The van der Waals surface area contributed by atoms with E-state index in [0.29, 0.717) is 0 Å². The number of ether oxygens (including phenoxy) is 1. The molecule has 2 rings (SSSR count). The molecule has 4 nitrogen and oxygen atoms in total. The number of methoxy groups -OCH3 is 1. The second-order valence-corrected chi connectivity index (χ2v) is 5.60. The lowest BCUT2D eigenvalue weighted by atomic mass is 10.1. The van der Waals surface area contributed by atoms with E-state index < -0.39 is 0 Å². The molecule has 1 N–H and O–H groups in total. The summed E-state index contributed by atoms with van der Waals surface area (Å²) in [6, 6.07) is 4.00. The van der Waals surface area contributed by atoms with E-state index in [0.717, 1.165) is 27.2 Å². The number of nitrogens with zero attached hydrogens (tertiary/aromatic N) is 2. The summed E-state index contributed by atoms with van der Waals surface area (Å²) in [6.07, 6.45) is 1.73. The van der Waals surface area contributed by atoms with Gasteiger partial charge in [-0.2, -0.15) is 5.10 Å². The number of aryl methyl sites for hydroxylation is 1. The van der Waals surface area contributed by atoms with Gasteiger partial charge in [0.2, 0.25) is 0 Å². The molecular weight excluding hydrogens is 270 g/mol. The molecule has 2 heterocycles. The fourth-order valence-electron chi connectivity index (χ4n) is 1.93. The first-order chi connectivity index (χ1) is 8.67. The van der Waals surface area contributed by atoms with Crippen molar-refractivity contribution in [3.8, 4) is 5.75 Å². The fourth-order valence-corrected chi connectivity index (χ4v) is 3.07. The molecule has 1 unspecified atom stereocenters. The van der Waals surface area contributed by atoms with Gasteiger partial charge in [0.25, 0.3) is 0 Å². The maximum atomic E-state index is 6.02. The minimum Gasteiger partial charge on any atom is -0.493 e. The molecule has 0 aliphatic heterocycles. The summed E-state index contributed by atoms with van der Waals surface area (Å²) in [4.78, 5) is 1.16. The largest absolute Gasteiger partial charge is 0.493 e. The molecule has 0 bridgehead atoms. The van der Waals surface area contributed by atoms with Crippen molar-refractivity contribution in [2.75, 3.05) is 13.7 Å². The van der Waals surface area contributed by atoms with Gasteiger partial charge >= 0.3 is 0 Å². The van der Waals surface area contributed by atoms with E-state index in [1.54, 1.807) is 24.6 Å². The van der Waals surface area contributed by atoms with Crippen molar-refractivity contribution < 1.29 is 4.74 Å². The minimum atomic E-state index is 0.0509. The molecule has 0 aliphatic rings. The number of hydrogen-bond donors (Lipinski definition) is 1. The number of aromatic nitrogens is 2. The molecule has 0 saturated carbocycles. The van der Waals surface area contributed by atoms with Gasteiger partial charge in [-0.1, -0.05) is 18.5 Å². The van der Waals surface area contributed by atoms with Crippen molar-refractivity contribution in [3.63, 3.8) is 0 Å². The first kappa shape index (κ1) is 13.4. The summed E-state index contributed by atoms with van der Waals surface area (Å²) in [7, 11) is 3.57. The highest BCUT2D eigenvalue weighted by Crippen LogP contribution is 2.34. The zero-order chi connectivity index (χ0) is 13.1. The van der Waals surface area contributed by atoms with Crippen molar-refractivity contribution in [1.29, 1.82) is 0 Å². The number of halogens is 1. The number of thiophene rings is 1. The predicted molar refractivity (Wildman–Crippen MR) is 74.6 cm³/mol. The van der Waals surface area contributed by atoms with Crippen LogP contribution in [0.5, 0.6) is 5.75 Å². The molecular formula is C12H16ClN3OS. The Bertz CT molecular complexity index is 523. The summed E-state index contributed by atoms with van der Waals surface area (Å²) in [6.45, 7) is 2.93. The fraction of sp³-hybridized carbons (Fsp3) is 0.417. The molecule has 0 amide bonds. The lowest BCUT2D eigenvalue weighted by Crippen LogP contribution is -2.24. The van der Waals surface area contributed by atoms with E-state index in [-0.39, 0.29) is 6.04 Å². The summed E-state index contributed by atoms with van der Waals surface area (Å²) in [5.41, 5.74) is 1.01. The first-order valence-electron chi connectivity index (χ1n) is 5.71. The normalized spacial score (nSPS) is 12.7. The van der Waals surface area contributed by atoms with Gasteiger partial charge in [-0.15, -0.1) is 11.3 Å². The minimum absolute atomic E-state index is 0.0509. The summed E-state index contributed by atoms with van der Waals surface area (Å²) < 4.78 is 7.99. The average Bonchev–Trinajstić information content (AvgIpc) is 2.93. The summed E-state index contributed by atoms with van der Waals surface area (Å²) in [5, 5.41) is 7.69. The Balaban J connectivity index is 2.43. The highest BCUT2D eigenvalue weighted by atomic mass is 35.5. The van der Waals surface area contributed by atoms with Gasteiger partial charge in [0.05, 0.1) is 23.7 Å². The quantitative estimate of drug-likeness (QED) is 0.918. The predicted octanol–water partition coefficient (Wildman–Crippen LogP) is 2.84. The molecule has 1 atom stereocenters. The Hall–Kier alpha value is -1.04. The van der Waals surface area contributed by atoms with Crippen molar-refractivity contribution in [2.45, 2.75) is 13.0 Å². The van der Waals surface area contributed by atoms with Gasteiger partial charge in [0.1, 0.15) is 5.69 Å². The van der Waals surface area contributed by atoms with E-state index in [4.69, 9.17) is 16.3 Å². The van der Waals surface area contributed by atoms with Gasteiger partial charge in [0.15, 0.2) is 5.75 Å². The van der Waals surface area contributed by atoms with Gasteiger partial charge in [-0.25, -0.2) is 0 Å². The summed E-state index contributed by atoms with van der Waals surface area (Å²) >= 11 is 7.58. The maximum absolute atomic E-state index is 6.02. The third kappa shape index (κ3) is 2.53. The molecule has 0 saturated heterocycles. The SMILES string of the molecule is CCNC(c1ccc(Cl)s1)c1c(OC)cnn1C. The zero-order valence-electron chi connectivity index (χ0n) is 10.6. The Kier molecular flexibility index (Phi) is 4.27. The Labute approximate surface area is 116 Å². The van der Waals surface area contributed by atoms with Gasteiger partial charge in [-0.05, 0) is 18.7 Å². The Morgan fingerprint density at radius 1 is 1.56 bits per heavy atom. The Morgan fingerprint density at radius 2 is 2.33 bits per heavy atom. The number of rotatable bonds is 5. The molecule has 0 aromatic carbocycles. The van der Waals surface area contributed by atoms with Crippen molar-refractivity contribution in [2.24, 2.45) is 7.05 Å². The Morgan fingerprint density at radius 3 is 2.89 bits per heavy atom. The molecule has 6 heteroatoms. The van der Waals surface area contributed by atoms with Crippen molar-refractivity contribution >= 4 is 22.9 Å². The highest BCUT2D eigenvalue weighted by Gasteiger charge is 2.23. The number of hydrogen-bond acceptors (Lipinski definition) is 4. The van der Waals surface area contributed by atoms with Gasteiger partial charge < -0.3 is 10.1 Å². The molecule has 2 aromatic heterocycles. The second kappa shape index (κ2) is 5.73. The van der Waals surface area contributed by atoms with Crippen LogP contribution >= 0.6 is 22.9 Å². The van der Waals surface area contributed by atoms with Crippen LogP contribution in [0.1, 0.15) is 23.5 Å². The zero-order valence-corrected chi connectivity index (χ0v) is 12.2. The third-order valence-electron chi connectivity index (χ3n) is 2.73. The molecule has 0 fully saturated rings. The highest BCUT2D eigenvalue weighted by molar-refractivity contribution is 7.16. The average molecular weight is 286 g/mol. The van der Waals surface area contributed by atoms with E-state index in [2.05, 4.69) is 17.3 Å². The molecule has 0 aliphatic carbocycles. The second-order valence-electron chi connectivity index (χ2n) is 3.85. The molecule has 0 radical (unpaired) electrons. The molecule has 98 valence electrons. The van der Waals surface area contributed by atoms with Crippen LogP contribution in [0.2, 0.25) is 4.34 Å². The van der Waals surface area contributed by atoms with Crippen LogP contribution in [-0.2, 0) is 7.05 Å². The van der Waals surface area contributed by atoms with Crippen LogP contribution in [0.4, 0.5) is 0 Å². The number of nitrogens with one attached hydrogen (secondary N) is 1. The van der Waals surface area contributed by atoms with E-state index in [1.807, 2.05) is 23.9 Å². The standard InChI is InChI=1S/C12H16ClN3OS/c1-4-14-11(9-5-6-10(13)18-9)12-8(17-3)7-15-16(12)2/h5-7,11,14H,4H2,1-3H3. The lowest BCUT2D eigenvalue weighted by molar-refractivity contribution is 0.401. The van der Waals surface area contributed by atoms with E-state index in [9.17, 15) is 0 Å². The smallest absolute Gasteiger partial charge is 0.161 e. The van der Waals surface area contributed by atoms with Crippen LogP contribution in [0.3, 0.4) is 0 Å². The summed E-state index contributed by atoms with van der Waals surface area (Å²) in [5.74, 6) is 0.785. The molecule has 2 aromatic rings. The topological polar surface area (TPSA) is 39.1 Å². The molecule has 0 spiro atoms. The molecule has 18 heavy (non-hydrogen) atoms. The van der Waals surface area contributed by atoms with Crippen LogP contribution in [-0.4, -0.2) is 23.4 Å². The van der Waals surface area contributed by atoms with Gasteiger partial charge in [0, 0.05) is 11.9 Å².